The van der Waals surface area contributed by atoms with Gasteiger partial charge in [0.15, 0.2) is 0 Å². The number of aromatic nitrogens is 1. The summed E-state index contributed by atoms with van der Waals surface area (Å²) in [7, 11) is 3.90. The number of hydrogen-bond acceptors (Lipinski definition) is 4. The Morgan fingerprint density at radius 2 is 2.05 bits per heavy atom. The molecule has 0 bridgehead atoms. The van der Waals surface area contributed by atoms with Crippen molar-refractivity contribution in [2.75, 3.05) is 27.2 Å². The van der Waals surface area contributed by atoms with Gasteiger partial charge in [0, 0.05) is 19.3 Å². The molecule has 20 heavy (non-hydrogen) atoms. The highest BCUT2D eigenvalue weighted by Gasteiger charge is 2.11. The number of pyridine rings is 1. The van der Waals surface area contributed by atoms with Gasteiger partial charge in [0.05, 0.1) is 18.8 Å². The summed E-state index contributed by atoms with van der Waals surface area (Å²) in [6, 6.07) is 3.41. The lowest BCUT2D eigenvalue weighted by atomic mass is 10.2. The number of rotatable bonds is 7. The second-order valence-corrected chi connectivity index (χ2v) is 4.71. The van der Waals surface area contributed by atoms with Gasteiger partial charge in [0.1, 0.15) is 0 Å². The molecule has 0 saturated heterocycles. The number of nitrogens with zero attached hydrogens (tertiary/aromatic N) is 3. The molecule has 0 fully saturated rings. The van der Waals surface area contributed by atoms with Crippen molar-refractivity contribution in [3.63, 3.8) is 0 Å². The van der Waals surface area contributed by atoms with Gasteiger partial charge < -0.3 is 15.1 Å². The molecule has 0 aliphatic rings. The Morgan fingerprint density at radius 3 is 2.65 bits per heavy atom. The first-order chi connectivity index (χ1) is 9.52. The molecule has 1 aromatic rings. The van der Waals surface area contributed by atoms with Gasteiger partial charge >= 0.3 is 6.09 Å². The summed E-state index contributed by atoms with van der Waals surface area (Å²) in [5, 5.41) is 18.2. The van der Waals surface area contributed by atoms with Crippen molar-refractivity contribution in [1.82, 2.24) is 14.8 Å². The fourth-order valence-electron chi connectivity index (χ4n) is 1.61. The average molecular weight is 279 g/mol. The maximum absolute atomic E-state index is 11.2. The average Bonchev–Trinajstić information content (AvgIpc) is 2.42. The number of carboxylic acid groups (broad SMARTS) is 1. The molecule has 0 radical (unpaired) electrons. The van der Waals surface area contributed by atoms with E-state index in [2.05, 4.69) is 4.98 Å². The molecule has 1 amide bonds. The van der Waals surface area contributed by atoms with Gasteiger partial charge in [-0.25, -0.2) is 4.79 Å². The second kappa shape index (κ2) is 8.29. The molecule has 0 aliphatic carbocycles. The summed E-state index contributed by atoms with van der Waals surface area (Å²) in [4.78, 5) is 18.6. The minimum absolute atomic E-state index is 0.0780. The third-order valence-corrected chi connectivity index (χ3v) is 2.65. The van der Waals surface area contributed by atoms with Crippen molar-refractivity contribution < 1.29 is 15.0 Å². The van der Waals surface area contributed by atoms with E-state index < -0.39 is 6.09 Å². The first-order valence-electron chi connectivity index (χ1n) is 6.35. The number of likely N-dealkylation sites (N-methyl/N-ethyl adjacent to an activating group) is 1. The molecule has 0 unspecified atom stereocenters. The lowest BCUT2D eigenvalue weighted by Gasteiger charge is -2.17. The molecule has 110 valence electrons. The molecule has 6 nitrogen and oxygen atoms in total. The molecular weight excluding hydrogens is 258 g/mol. The van der Waals surface area contributed by atoms with Crippen LogP contribution >= 0.6 is 0 Å². The molecule has 0 spiro atoms. The number of aliphatic hydroxyl groups is 1. The van der Waals surface area contributed by atoms with Crippen LogP contribution in [0.25, 0.3) is 0 Å². The van der Waals surface area contributed by atoms with Crippen molar-refractivity contribution in [3.05, 3.63) is 41.7 Å². The Hall–Kier alpha value is -1.92. The van der Waals surface area contributed by atoms with Gasteiger partial charge in [-0.3, -0.25) is 9.88 Å². The predicted molar refractivity (Wildman–Crippen MR) is 76.3 cm³/mol. The zero-order chi connectivity index (χ0) is 15.0. The van der Waals surface area contributed by atoms with Crippen LogP contribution in [0.5, 0.6) is 0 Å². The number of aliphatic hydroxyl groups excluding tert-OH is 1. The largest absolute Gasteiger partial charge is 0.465 e. The minimum atomic E-state index is -0.990. The summed E-state index contributed by atoms with van der Waals surface area (Å²) < 4.78 is 0. The summed E-state index contributed by atoms with van der Waals surface area (Å²) in [5.41, 5.74) is 1.35. The summed E-state index contributed by atoms with van der Waals surface area (Å²) >= 11 is 0. The fraction of sp³-hybridized carbons (Fsp3) is 0.429. The molecule has 0 atom stereocenters. The molecule has 0 saturated carbocycles. The Bertz CT molecular complexity index is 461. The van der Waals surface area contributed by atoms with Crippen LogP contribution in [-0.4, -0.2) is 58.3 Å². The third-order valence-electron chi connectivity index (χ3n) is 2.65. The van der Waals surface area contributed by atoms with E-state index in [0.29, 0.717) is 12.2 Å². The van der Waals surface area contributed by atoms with Crippen LogP contribution < -0.4 is 0 Å². The van der Waals surface area contributed by atoms with Crippen molar-refractivity contribution in [1.29, 1.82) is 0 Å². The first kappa shape index (κ1) is 16.1. The van der Waals surface area contributed by atoms with Crippen LogP contribution in [0.2, 0.25) is 0 Å². The Morgan fingerprint density at radius 1 is 1.35 bits per heavy atom. The van der Waals surface area contributed by atoms with E-state index in [1.54, 1.807) is 18.3 Å². The molecule has 0 aromatic carbocycles. The van der Waals surface area contributed by atoms with Gasteiger partial charge in [0.25, 0.3) is 0 Å². The van der Waals surface area contributed by atoms with Gasteiger partial charge in [-0.05, 0) is 31.8 Å². The van der Waals surface area contributed by atoms with Crippen molar-refractivity contribution in [3.8, 4) is 0 Å². The van der Waals surface area contributed by atoms with Gasteiger partial charge in [-0.2, -0.15) is 0 Å². The molecule has 0 aliphatic heterocycles. The Kier molecular flexibility index (Phi) is 6.69. The number of hydrogen-bond donors (Lipinski definition) is 2. The molecular formula is C14H21N3O3. The standard InChI is InChI=1S/C14H21N3O3/c1-16(2)7-3-4-8-17(14(19)20)10-13-9-12(11-18)5-6-15-13/h3-6,9,18H,7-8,10-11H2,1-2H3,(H,19,20). The highest BCUT2D eigenvalue weighted by molar-refractivity contribution is 5.65. The highest BCUT2D eigenvalue weighted by Crippen LogP contribution is 2.06. The minimum Gasteiger partial charge on any atom is -0.465 e. The number of amides is 1. The predicted octanol–water partition coefficient (Wildman–Crippen LogP) is 1.17. The lowest BCUT2D eigenvalue weighted by Crippen LogP contribution is -2.29. The lowest BCUT2D eigenvalue weighted by molar-refractivity contribution is 0.147. The van der Waals surface area contributed by atoms with E-state index in [0.717, 1.165) is 12.1 Å². The van der Waals surface area contributed by atoms with Crippen LogP contribution in [0.4, 0.5) is 4.79 Å². The van der Waals surface area contributed by atoms with Crippen LogP contribution in [0.15, 0.2) is 30.5 Å². The second-order valence-electron chi connectivity index (χ2n) is 4.71. The normalized spacial score (nSPS) is 11.2. The van der Waals surface area contributed by atoms with E-state index in [4.69, 9.17) is 5.11 Å². The van der Waals surface area contributed by atoms with Crippen LogP contribution in [0.1, 0.15) is 11.3 Å². The Balaban J connectivity index is 2.62. The van der Waals surface area contributed by atoms with Crippen LogP contribution in [-0.2, 0) is 13.2 Å². The number of carbonyl (C=O) groups is 1. The summed E-state index contributed by atoms with van der Waals surface area (Å²) in [6.07, 6.45) is 4.33. The molecule has 1 rings (SSSR count). The van der Waals surface area contributed by atoms with Crippen molar-refractivity contribution in [2.24, 2.45) is 0 Å². The zero-order valence-electron chi connectivity index (χ0n) is 11.9. The van der Waals surface area contributed by atoms with Crippen LogP contribution in [0.3, 0.4) is 0 Å². The Labute approximate surface area is 119 Å². The smallest absolute Gasteiger partial charge is 0.407 e. The van der Waals surface area contributed by atoms with Crippen molar-refractivity contribution in [2.45, 2.75) is 13.2 Å². The van der Waals surface area contributed by atoms with E-state index in [1.165, 1.54) is 4.90 Å². The zero-order valence-corrected chi connectivity index (χ0v) is 11.9. The third kappa shape index (κ3) is 5.81. The van der Waals surface area contributed by atoms with E-state index in [9.17, 15) is 9.90 Å². The summed E-state index contributed by atoms with van der Waals surface area (Å²) in [6.45, 7) is 1.21. The first-order valence-corrected chi connectivity index (χ1v) is 6.35. The van der Waals surface area contributed by atoms with Crippen molar-refractivity contribution >= 4 is 6.09 Å². The van der Waals surface area contributed by atoms with Gasteiger partial charge in [-0.1, -0.05) is 12.2 Å². The maximum atomic E-state index is 11.2. The van der Waals surface area contributed by atoms with Crippen LogP contribution in [0, 0.1) is 0 Å². The topological polar surface area (TPSA) is 76.9 Å². The van der Waals surface area contributed by atoms with Gasteiger partial charge in [0.2, 0.25) is 0 Å². The molecule has 1 aromatic heterocycles. The monoisotopic (exact) mass is 279 g/mol. The summed E-state index contributed by atoms with van der Waals surface area (Å²) in [5.74, 6) is 0. The molecule has 1 heterocycles. The molecule has 2 N–H and O–H groups in total. The fourth-order valence-corrected chi connectivity index (χ4v) is 1.61. The van der Waals surface area contributed by atoms with E-state index in [-0.39, 0.29) is 13.2 Å². The van der Waals surface area contributed by atoms with E-state index >= 15 is 0 Å². The quantitative estimate of drug-likeness (QED) is 0.733. The SMILES string of the molecule is CN(C)CC=CCN(Cc1cc(CO)ccn1)C(=O)O. The van der Waals surface area contributed by atoms with E-state index in [1.807, 2.05) is 31.1 Å². The highest BCUT2D eigenvalue weighted by atomic mass is 16.4. The van der Waals surface area contributed by atoms with Gasteiger partial charge in [-0.15, -0.1) is 0 Å². The maximum Gasteiger partial charge on any atom is 0.407 e. The molecule has 6 heteroatoms.